The van der Waals surface area contributed by atoms with Gasteiger partial charge in [0.25, 0.3) is 0 Å². The standard InChI is InChI=1S/C13H18N4S/c1-4-15-11-5-12(7-14-6-11)17-10(3)13-16-9(2)8-18-13/h5-8,10,15,17H,4H2,1-3H3. The number of rotatable bonds is 5. The van der Waals surface area contributed by atoms with Gasteiger partial charge in [0, 0.05) is 17.6 Å². The van der Waals surface area contributed by atoms with Gasteiger partial charge in [-0.15, -0.1) is 11.3 Å². The van der Waals surface area contributed by atoms with Gasteiger partial charge in [0.2, 0.25) is 0 Å². The summed E-state index contributed by atoms with van der Waals surface area (Å²) in [6, 6.07) is 2.26. The molecular formula is C13H18N4S. The Bertz CT molecular complexity index is 509. The van der Waals surface area contributed by atoms with E-state index in [1.165, 1.54) is 0 Å². The topological polar surface area (TPSA) is 49.8 Å². The Morgan fingerprint density at radius 2 is 2.11 bits per heavy atom. The van der Waals surface area contributed by atoms with Gasteiger partial charge in [0.05, 0.1) is 29.8 Å². The lowest BCUT2D eigenvalue weighted by molar-refractivity contribution is 0.862. The van der Waals surface area contributed by atoms with E-state index < -0.39 is 0 Å². The average Bonchev–Trinajstić information content (AvgIpc) is 2.77. The van der Waals surface area contributed by atoms with E-state index in [2.05, 4.69) is 45.9 Å². The molecule has 0 fully saturated rings. The second-order valence-corrected chi connectivity index (χ2v) is 5.08. The molecule has 0 radical (unpaired) electrons. The normalized spacial score (nSPS) is 12.2. The van der Waals surface area contributed by atoms with Crippen molar-refractivity contribution in [2.45, 2.75) is 26.8 Å². The van der Waals surface area contributed by atoms with Crippen LogP contribution in [-0.4, -0.2) is 16.5 Å². The lowest BCUT2D eigenvalue weighted by Crippen LogP contribution is -2.07. The highest BCUT2D eigenvalue weighted by molar-refractivity contribution is 7.09. The Hall–Kier alpha value is -1.62. The van der Waals surface area contributed by atoms with E-state index >= 15 is 0 Å². The number of aryl methyl sites for hydroxylation is 1. The molecule has 0 saturated carbocycles. The lowest BCUT2D eigenvalue weighted by atomic mass is 10.3. The Morgan fingerprint density at radius 3 is 2.78 bits per heavy atom. The van der Waals surface area contributed by atoms with Crippen LogP contribution < -0.4 is 10.6 Å². The first-order chi connectivity index (χ1) is 8.69. The smallest absolute Gasteiger partial charge is 0.115 e. The van der Waals surface area contributed by atoms with E-state index in [1.54, 1.807) is 11.3 Å². The van der Waals surface area contributed by atoms with Crippen molar-refractivity contribution in [3.05, 3.63) is 34.5 Å². The van der Waals surface area contributed by atoms with Crippen LogP contribution in [-0.2, 0) is 0 Å². The number of nitrogens with one attached hydrogen (secondary N) is 2. The minimum Gasteiger partial charge on any atom is -0.384 e. The molecule has 1 unspecified atom stereocenters. The Labute approximate surface area is 111 Å². The summed E-state index contributed by atoms with van der Waals surface area (Å²) in [7, 11) is 0. The summed E-state index contributed by atoms with van der Waals surface area (Å²) >= 11 is 1.68. The maximum atomic E-state index is 4.49. The van der Waals surface area contributed by atoms with Crippen LogP contribution in [0.4, 0.5) is 11.4 Å². The molecule has 0 bridgehead atoms. The zero-order chi connectivity index (χ0) is 13.0. The van der Waals surface area contributed by atoms with Crippen molar-refractivity contribution >= 4 is 22.7 Å². The van der Waals surface area contributed by atoms with E-state index in [1.807, 2.05) is 19.3 Å². The number of thiazole rings is 1. The first-order valence-corrected chi connectivity index (χ1v) is 6.94. The van der Waals surface area contributed by atoms with E-state index in [0.29, 0.717) is 0 Å². The number of anilines is 2. The van der Waals surface area contributed by atoms with E-state index in [-0.39, 0.29) is 6.04 Å². The average molecular weight is 262 g/mol. The van der Waals surface area contributed by atoms with Gasteiger partial charge in [0.1, 0.15) is 5.01 Å². The largest absolute Gasteiger partial charge is 0.384 e. The van der Waals surface area contributed by atoms with Gasteiger partial charge in [-0.05, 0) is 26.8 Å². The van der Waals surface area contributed by atoms with Crippen LogP contribution in [0.1, 0.15) is 30.6 Å². The third-order valence-electron chi connectivity index (χ3n) is 2.51. The molecule has 2 aromatic rings. The highest BCUT2D eigenvalue weighted by Crippen LogP contribution is 2.23. The van der Waals surface area contributed by atoms with Gasteiger partial charge in [-0.3, -0.25) is 4.98 Å². The quantitative estimate of drug-likeness (QED) is 0.866. The zero-order valence-corrected chi connectivity index (χ0v) is 11.7. The molecule has 18 heavy (non-hydrogen) atoms. The molecule has 0 saturated heterocycles. The van der Waals surface area contributed by atoms with Gasteiger partial charge >= 0.3 is 0 Å². The van der Waals surface area contributed by atoms with Crippen LogP contribution in [0.3, 0.4) is 0 Å². The van der Waals surface area contributed by atoms with Crippen LogP contribution in [0.25, 0.3) is 0 Å². The molecule has 2 heterocycles. The minimum absolute atomic E-state index is 0.197. The van der Waals surface area contributed by atoms with Crippen LogP contribution >= 0.6 is 11.3 Å². The highest BCUT2D eigenvalue weighted by Gasteiger charge is 2.09. The fraction of sp³-hybridized carbons (Fsp3) is 0.385. The maximum absolute atomic E-state index is 4.49. The van der Waals surface area contributed by atoms with Crippen LogP contribution in [0, 0.1) is 6.92 Å². The monoisotopic (exact) mass is 262 g/mol. The third kappa shape index (κ3) is 3.20. The second-order valence-electron chi connectivity index (χ2n) is 4.19. The first-order valence-electron chi connectivity index (χ1n) is 6.06. The van der Waals surface area contributed by atoms with Gasteiger partial charge in [0.15, 0.2) is 0 Å². The van der Waals surface area contributed by atoms with Crippen molar-refractivity contribution in [2.75, 3.05) is 17.2 Å². The summed E-state index contributed by atoms with van der Waals surface area (Å²) in [5.41, 5.74) is 3.11. The third-order valence-corrected chi connectivity index (χ3v) is 3.65. The molecule has 1 atom stereocenters. The van der Waals surface area contributed by atoms with Gasteiger partial charge in [-0.25, -0.2) is 4.98 Å². The second kappa shape index (κ2) is 5.82. The van der Waals surface area contributed by atoms with Crippen molar-refractivity contribution in [2.24, 2.45) is 0 Å². The Morgan fingerprint density at radius 1 is 1.33 bits per heavy atom. The highest BCUT2D eigenvalue weighted by atomic mass is 32.1. The molecular weight excluding hydrogens is 244 g/mol. The predicted molar refractivity (Wildman–Crippen MR) is 77.3 cm³/mol. The molecule has 96 valence electrons. The molecule has 0 aliphatic carbocycles. The van der Waals surface area contributed by atoms with Gasteiger partial charge < -0.3 is 10.6 Å². The summed E-state index contributed by atoms with van der Waals surface area (Å²) in [4.78, 5) is 8.70. The number of aromatic nitrogens is 2. The van der Waals surface area contributed by atoms with Crippen molar-refractivity contribution in [1.29, 1.82) is 0 Å². The van der Waals surface area contributed by atoms with Crippen molar-refractivity contribution in [3.8, 4) is 0 Å². The van der Waals surface area contributed by atoms with Crippen molar-refractivity contribution < 1.29 is 0 Å². The molecule has 0 aliphatic rings. The Kier molecular flexibility index (Phi) is 4.15. The molecule has 0 spiro atoms. The van der Waals surface area contributed by atoms with Crippen molar-refractivity contribution in [3.63, 3.8) is 0 Å². The minimum atomic E-state index is 0.197. The van der Waals surface area contributed by atoms with Crippen LogP contribution in [0.2, 0.25) is 0 Å². The number of pyridine rings is 1. The number of hydrogen-bond acceptors (Lipinski definition) is 5. The summed E-state index contributed by atoms with van der Waals surface area (Å²) in [6.45, 7) is 7.09. The summed E-state index contributed by atoms with van der Waals surface area (Å²) in [6.07, 6.45) is 3.66. The predicted octanol–water partition coefficient (Wildman–Crippen LogP) is 3.45. The molecule has 0 aromatic carbocycles. The zero-order valence-electron chi connectivity index (χ0n) is 10.9. The van der Waals surface area contributed by atoms with Crippen LogP contribution in [0.5, 0.6) is 0 Å². The summed E-state index contributed by atoms with van der Waals surface area (Å²) in [5.74, 6) is 0. The van der Waals surface area contributed by atoms with Crippen molar-refractivity contribution in [1.82, 2.24) is 9.97 Å². The summed E-state index contributed by atoms with van der Waals surface area (Å²) in [5, 5.41) is 9.83. The lowest BCUT2D eigenvalue weighted by Gasteiger charge is -2.13. The summed E-state index contributed by atoms with van der Waals surface area (Å²) < 4.78 is 0. The van der Waals surface area contributed by atoms with E-state index in [0.717, 1.165) is 28.6 Å². The fourth-order valence-corrected chi connectivity index (χ4v) is 2.51. The number of hydrogen-bond donors (Lipinski definition) is 2. The SMILES string of the molecule is CCNc1cncc(NC(C)c2nc(C)cs2)c1. The van der Waals surface area contributed by atoms with Gasteiger partial charge in [-0.1, -0.05) is 0 Å². The molecule has 0 amide bonds. The Balaban J connectivity index is 2.06. The molecule has 4 nitrogen and oxygen atoms in total. The molecule has 0 aliphatic heterocycles. The fourth-order valence-electron chi connectivity index (χ4n) is 1.70. The molecule has 2 rings (SSSR count). The number of nitrogens with zero attached hydrogens (tertiary/aromatic N) is 2. The van der Waals surface area contributed by atoms with Crippen LogP contribution in [0.15, 0.2) is 23.8 Å². The maximum Gasteiger partial charge on any atom is 0.115 e. The molecule has 2 aromatic heterocycles. The molecule has 2 N–H and O–H groups in total. The van der Waals surface area contributed by atoms with E-state index in [4.69, 9.17) is 0 Å². The first kappa shape index (κ1) is 12.8. The van der Waals surface area contributed by atoms with E-state index in [9.17, 15) is 0 Å². The molecule has 5 heteroatoms. The van der Waals surface area contributed by atoms with Gasteiger partial charge in [-0.2, -0.15) is 0 Å².